The zero-order valence-electron chi connectivity index (χ0n) is 10.9. The molecular formula is C12H16Br2N2O4. The van der Waals surface area contributed by atoms with E-state index in [1.54, 1.807) is 6.92 Å². The number of pyridine rings is 1. The van der Waals surface area contributed by atoms with Gasteiger partial charge in [-0.1, -0.05) is 0 Å². The normalized spacial score (nSPS) is 10.7. The topological polar surface area (TPSA) is 91.6 Å². The minimum atomic E-state index is -0.299. The molecule has 0 atom stereocenters. The van der Waals surface area contributed by atoms with E-state index in [-0.39, 0.29) is 44.2 Å². The van der Waals surface area contributed by atoms with E-state index >= 15 is 0 Å². The largest absolute Gasteiger partial charge is 0.395 e. The van der Waals surface area contributed by atoms with Gasteiger partial charge in [-0.3, -0.25) is 9.59 Å². The van der Waals surface area contributed by atoms with E-state index in [9.17, 15) is 9.59 Å². The summed E-state index contributed by atoms with van der Waals surface area (Å²) in [5, 5.41) is 20.3. The number of hydrogen-bond donors (Lipinski definition) is 3. The highest BCUT2D eigenvalue weighted by Crippen LogP contribution is 2.25. The van der Waals surface area contributed by atoms with Gasteiger partial charge in [0.2, 0.25) is 5.91 Å². The van der Waals surface area contributed by atoms with Crippen LogP contribution in [0.4, 0.5) is 0 Å². The number of aliphatic hydroxyl groups is 2. The Hall–Kier alpha value is -0.700. The molecule has 1 rings (SSSR count). The number of carbonyl (C=O) groups is 1. The Morgan fingerprint density at radius 3 is 2.45 bits per heavy atom. The zero-order valence-corrected chi connectivity index (χ0v) is 14.1. The number of nitrogens with one attached hydrogen (secondary N) is 1. The number of nitrogens with zero attached hydrogens (tertiary/aromatic N) is 1. The molecule has 0 saturated heterocycles. The Morgan fingerprint density at radius 2 is 1.90 bits per heavy atom. The van der Waals surface area contributed by atoms with Crippen molar-refractivity contribution < 1.29 is 15.0 Å². The molecule has 0 unspecified atom stereocenters. The molecule has 1 amide bonds. The summed E-state index contributed by atoms with van der Waals surface area (Å²) >= 11 is 6.60. The SMILES string of the molecule is Cc1c(Br)c(CC(=O)NCCO)n(CCO)c(=O)c1Br. The van der Waals surface area contributed by atoms with Gasteiger partial charge in [0.25, 0.3) is 5.56 Å². The number of aliphatic hydroxyl groups excluding tert-OH is 2. The first kappa shape index (κ1) is 17.4. The smallest absolute Gasteiger partial charge is 0.265 e. The van der Waals surface area contributed by atoms with E-state index in [0.717, 1.165) is 0 Å². The van der Waals surface area contributed by atoms with Gasteiger partial charge in [0, 0.05) is 23.3 Å². The fourth-order valence-electron chi connectivity index (χ4n) is 1.75. The molecule has 0 aliphatic heterocycles. The van der Waals surface area contributed by atoms with E-state index in [1.165, 1.54) is 4.57 Å². The maximum atomic E-state index is 12.2. The highest BCUT2D eigenvalue weighted by molar-refractivity contribution is 9.11. The molecule has 1 heterocycles. The van der Waals surface area contributed by atoms with Crippen LogP contribution in [0.5, 0.6) is 0 Å². The van der Waals surface area contributed by atoms with Gasteiger partial charge in [0.1, 0.15) is 0 Å². The molecule has 0 aliphatic rings. The van der Waals surface area contributed by atoms with Crippen molar-refractivity contribution in [1.29, 1.82) is 0 Å². The Kier molecular flexibility index (Phi) is 6.87. The summed E-state index contributed by atoms with van der Waals surface area (Å²) in [5.41, 5.74) is 0.916. The highest BCUT2D eigenvalue weighted by atomic mass is 79.9. The summed E-state index contributed by atoms with van der Waals surface area (Å²) in [5.74, 6) is -0.299. The van der Waals surface area contributed by atoms with E-state index in [0.29, 0.717) is 20.2 Å². The lowest BCUT2D eigenvalue weighted by Crippen LogP contribution is -2.33. The third kappa shape index (κ3) is 3.91. The van der Waals surface area contributed by atoms with Gasteiger partial charge >= 0.3 is 0 Å². The van der Waals surface area contributed by atoms with Crippen molar-refractivity contribution in [2.24, 2.45) is 0 Å². The van der Waals surface area contributed by atoms with Crippen molar-refractivity contribution in [3.05, 3.63) is 30.6 Å². The third-order valence-corrected chi connectivity index (χ3v) is 4.74. The quantitative estimate of drug-likeness (QED) is 0.628. The van der Waals surface area contributed by atoms with Crippen molar-refractivity contribution in [3.8, 4) is 0 Å². The van der Waals surface area contributed by atoms with Gasteiger partial charge in [0.05, 0.1) is 24.1 Å². The van der Waals surface area contributed by atoms with Gasteiger partial charge in [0.15, 0.2) is 0 Å². The van der Waals surface area contributed by atoms with Crippen LogP contribution in [0.25, 0.3) is 0 Å². The monoisotopic (exact) mass is 410 g/mol. The molecule has 20 heavy (non-hydrogen) atoms. The van der Waals surface area contributed by atoms with Crippen molar-refractivity contribution in [2.45, 2.75) is 19.9 Å². The van der Waals surface area contributed by atoms with Gasteiger partial charge in [-0.25, -0.2) is 0 Å². The molecule has 3 N–H and O–H groups in total. The predicted octanol–water partition coefficient (Wildman–Crippen LogP) is 0.325. The second kappa shape index (κ2) is 7.92. The molecule has 0 spiro atoms. The average molecular weight is 412 g/mol. The molecule has 0 saturated carbocycles. The fourth-order valence-corrected chi connectivity index (χ4v) is 2.98. The summed E-state index contributed by atoms with van der Waals surface area (Å²) in [6.07, 6.45) is -0.00998. The number of aromatic nitrogens is 1. The van der Waals surface area contributed by atoms with Crippen molar-refractivity contribution >= 4 is 37.8 Å². The Bertz CT molecular complexity index is 557. The van der Waals surface area contributed by atoms with Crippen LogP contribution in [0.2, 0.25) is 0 Å². The van der Waals surface area contributed by atoms with Crippen molar-refractivity contribution in [2.75, 3.05) is 19.8 Å². The zero-order chi connectivity index (χ0) is 15.3. The lowest BCUT2D eigenvalue weighted by Gasteiger charge is -2.16. The summed E-state index contributed by atoms with van der Waals surface area (Å²) in [6, 6.07) is 0. The van der Waals surface area contributed by atoms with E-state index in [2.05, 4.69) is 37.2 Å². The first-order valence-electron chi connectivity index (χ1n) is 5.99. The van der Waals surface area contributed by atoms with Gasteiger partial charge < -0.3 is 20.1 Å². The maximum Gasteiger partial charge on any atom is 0.265 e. The second-order valence-corrected chi connectivity index (χ2v) is 5.72. The summed E-state index contributed by atoms with van der Waals surface area (Å²) < 4.78 is 2.41. The van der Waals surface area contributed by atoms with E-state index in [4.69, 9.17) is 10.2 Å². The molecule has 6 nitrogen and oxygen atoms in total. The first-order valence-corrected chi connectivity index (χ1v) is 7.58. The Morgan fingerprint density at radius 1 is 1.25 bits per heavy atom. The summed E-state index contributed by atoms with van der Waals surface area (Å²) in [6.45, 7) is 1.69. The van der Waals surface area contributed by atoms with Crippen molar-refractivity contribution in [1.82, 2.24) is 9.88 Å². The van der Waals surface area contributed by atoms with Gasteiger partial charge in [-0.15, -0.1) is 0 Å². The second-order valence-electron chi connectivity index (χ2n) is 4.13. The Labute approximate surface area is 133 Å². The lowest BCUT2D eigenvalue weighted by atomic mass is 10.2. The molecule has 0 radical (unpaired) electrons. The van der Waals surface area contributed by atoms with Crippen molar-refractivity contribution in [3.63, 3.8) is 0 Å². The predicted molar refractivity (Wildman–Crippen MR) is 81.7 cm³/mol. The number of hydrogen-bond acceptors (Lipinski definition) is 4. The van der Waals surface area contributed by atoms with Crippen LogP contribution >= 0.6 is 31.9 Å². The first-order chi connectivity index (χ1) is 9.43. The van der Waals surface area contributed by atoms with Crippen LogP contribution in [0.1, 0.15) is 11.3 Å². The van der Waals surface area contributed by atoms with E-state index < -0.39 is 0 Å². The highest BCUT2D eigenvalue weighted by Gasteiger charge is 2.18. The molecular weight excluding hydrogens is 396 g/mol. The summed E-state index contributed by atoms with van der Waals surface area (Å²) in [4.78, 5) is 23.9. The molecule has 1 aromatic rings. The summed E-state index contributed by atoms with van der Waals surface area (Å²) in [7, 11) is 0. The Balaban J connectivity index is 3.22. The van der Waals surface area contributed by atoms with Crippen LogP contribution in [0.15, 0.2) is 13.7 Å². The van der Waals surface area contributed by atoms with Crippen LogP contribution in [-0.2, 0) is 17.8 Å². The average Bonchev–Trinajstić information content (AvgIpc) is 2.44. The van der Waals surface area contributed by atoms with Crippen LogP contribution in [-0.4, -0.2) is 40.4 Å². The van der Waals surface area contributed by atoms with E-state index in [1.807, 2.05) is 0 Å². The minimum Gasteiger partial charge on any atom is -0.395 e. The van der Waals surface area contributed by atoms with Crippen LogP contribution in [0.3, 0.4) is 0 Å². The molecule has 0 bridgehead atoms. The lowest BCUT2D eigenvalue weighted by molar-refractivity contribution is -0.120. The molecule has 8 heteroatoms. The number of amides is 1. The maximum absolute atomic E-state index is 12.2. The van der Waals surface area contributed by atoms with Crippen LogP contribution in [0, 0.1) is 6.92 Å². The third-order valence-electron chi connectivity index (χ3n) is 2.76. The van der Waals surface area contributed by atoms with Gasteiger partial charge in [-0.05, 0) is 44.3 Å². The fraction of sp³-hybridized carbons (Fsp3) is 0.500. The molecule has 0 fully saturated rings. The molecule has 1 aromatic heterocycles. The van der Waals surface area contributed by atoms with Crippen LogP contribution < -0.4 is 10.9 Å². The standard InChI is InChI=1S/C12H16Br2N2O4/c1-7-10(13)8(6-9(19)15-2-4-17)16(3-5-18)12(20)11(7)14/h17-18H,2-6H2,1H3,(H,15,19). The van der Waals surface area contributed by atoms with Gasteiger partial charge in [-0.2, -0.15) is 0 Å². The number of carbonyl (C=O) groups excluding carboxylic acids is 1. The number of halogens is 2. The molecule has 0 aromatic carbocycles. The molecule has 112 valence electrons. The number of rotatable bonds is 6. The molecule has 0 aliphatic carbocycles. The minimum absolute atomic E-state index is 0.00998.